The second-order valence-corrected chi connectivity index (χ2v) is 11.2. The van der Waals surface area contributed by atoms with Crippen LogP contribution >= 0.6 is 0 Å². The zero-order valence-corrected chi connectivity index (χ0v) is 24.6. The standard InChI is InChI=1S/C20H32N2.C11H27N3/c1-18(19-9-4-2-5-10-19)17-21-13-8-11-20(12-16-21)22-14-6-3-7-15-22;1-5-12-8-7-9-14(4)11-10-13(3)6-2/h2,4-5,9-10,18,20H,3,6-8,11-17H2,1H3;12H,5-11H2,1-4H3. The van der Waals surface area contributed by atoms with Crippen molar-refractivity contribution in [1.82, 2.24) is 24.9 Å². The fraction of sp³-hybridized carbons (Fsp3) is 0.806. The van der Waals surface area contributed by atoms with Gasteiger partial charge < -0.3 is 24.9 Å². The van der Waals surface area contributed by atoms with Crippen LogP contribution in [0.3, 0.4) is 0 Å². The highest BCUT2D eigenvalue weighted by Gasteiger charge is 2.24. The van der Waals surface area contributed by atoms with Gasteiger partial charge in [0.1, 0.15) is 0 Å². The highest BCUT2D eigenvalue weighted by molar-refractivity contribution is 5.19. The maximum atomic E-state index is 3.34. The van der Waals surface area contributed by atoms with Crippen molar-refractivity contribution >= 4 is 0 Å². The van der Waals surface area contributed by atoms with E-state index in [1.807, 2.05) is 0 Å². The van der Waals surface area contributed by atoms with Crippen molar-refractivity contribution in [2.24, 2.45) is 0 Å². The summed E-state index contributed by atoms with van der Waals surface area (Å²) in [5.74, 6) is 0.646. The maximum absolute atomic E-state index is 3.34. The molecule has 2 aliphatic heterocycles. The lowest BCUT2D eigenvalue weighted by Gasteiger charge is -2.34. The van der Waals surface area contributed by atoms with Gasteiger partial charge in [0, 0.05) is 25.7 Å². The summed E-state index contributed by atoms with van der Waals surface area (Å²) in [4.78, 5) is 10.2. The quantitative estimate of drug-likeness (QED) is 0.384. The van der Waals surface area contributed by atoms with Crippen LogP contribution < -0.4 is 5.32 Å². The van der Waals surface area contributed by atoms with E-state index in [0.717, 1.165) is 25.7 Å². The van der Waals surface area contributed by atoms with Gasteiger partial charge in [-0.3, -0.25) is 0 Å². The summed E-state index contributed by atoms with van der Waals surface area (Å²) in [6.45, 7) is 20.2. The van der Waals surface area contributed by atoms with Gasteiger partial charge in [0.15, 0.2) is 0 Å². The molecule has 0 spiro atoms. The lowest BCUT2D eigenvalue weighted by molar-refractivity contribution is 0.147. The Morgan fingerprint density at radius 1 is 0.861 bits per heavy atom. The summed E-state index contributed by atoms with van der Waals surface area (Å²) < 4.78 is 0. The molecule has 1 aromatic carbocycles. The third-order valence-corrected chi connectivity index (χ3v) is 8.14. The zero-order valence-electron chi connectivity index (χ0n) is 24.6. The molecule has 1 N–H and O–H groups in total. The molecule has 0 saturated carbocycles. The van der Waals surface area contributed by atoms with Crippen LogP contribution in [0.5, 0.6) is 0 Å². The molecule has 0 amide bonds. The largest absolute Gasteiger partial charge is 0.317 e. The molecule has 5 nitrogen and oxygen atoms in total. The summed E-state index contributed by atoms with van der Waals surface area (Å²) in [5, 5.41) is 3.34. The smallest absolute Gasteiger partial charge is 0.0108 e. The van der Waals surface area contributed by atoms with Crippen molar-refractivity contribution < 1.29 is 0 Å². The Hall–Kier alpha value is -0.980. The summed E-state index contributed by atoms with van der Waals surface area (Å²) in [7, 11) is 4.38. The molecule has 5 heteroatoms. The van der Waals surface area contributed by atoms with Crippen molar-refractivity contribution in [3.8, 4) is 0 Å². The van der Waals surface area contributed by atoms with Gasteiger partial charge in [-0.25, -0.2) is 0 Å². The molecule has 2 unspecified atom stereocenters. The molecule has 3 rings (SSSR count). The first-order valence-electron chi connectivity index (χ1n) is 15.1. The van der Waals surface area contributed by atoms with Crippen molar-refractivity contribution in [3.63, 3.8) is 0 Å². The molecule has 2 heterocycles. The molecule has 0 aromatic heterocycles. The van der Waals surface area contributed by atoms with Crippen LogP contribution in [-0.4, -0.2) is 112 Å². The second kappa shape index (κ2) is 19.1. The van der Waals surface area contributed by atoms with E-state index in [9.17, 15) is 0 Å². The number of nitrogens with zero attached hydrogens (tertiary/aromatic N) is 4. The van der Waals surface area contributed by atoms with Crippen molar-refractivity contribution in [3.05, 3.63) is 35.9 Å². The Bertz CT molecular complexity index is 633. The molecule has 1 aromatic rings. The molecule has 2 fully saturated rings. The Balaban J connectivity index is 0.000000284. The summed E-state index contributed by atoms with van der Waals surface area (Å²) in [6.07, 6.45) is 9.71. The molecule has 0 radical (unpaired) electrons. The first kappa shape index (κ1) is 31.2. The molecule has 208 valence electrons. The van der Waals surface area contributed by atoms with Crippen LogP contribution in [0.2, 0.25) is 0 Å². The molecular formula is C31H59N5. The zero-order chi connectivity index (χ0) is 26.0. The molecular weight excluding hydrogens is 442 g/mol. The monoisotopic (exact) mass is 501 g/mol. The molecule has 0 aliphatic carbocycles. The predicted molar refractivity (Wildman–Crippen MR) is 158 cm³/mol. The predicted octanol–water partition coefficient (Wildman–Crippen LogP) is 5.00. The fourth-order valence-corrected chi connectivity index (χ4v) is 5.51. The minimum Gasteiger partial charge on any atom is -0.317 e. The number of rotatable bonds is 13. The van der Waals surface area contributed by atoms with Gasteiger partial charge in [-0.05, 0) is 116 Å². The molecule has 2 saturated heterocycles. The summed E-state index contributed by atoms with van der Waals surface area (Å²) in [6, 6.07) is 11.9. The Morgan fingerprint density at radius 3 is 2.28 bits per heavy atom. The second-order valence-electron chi connectivity index (χ2n) is 11.2. The van der Waals surface area contributed by atoms with E-state index >= 15 is 0 Å². The number of piperidine rings is 1. The average Bonchev–Trinajstić information content (AvgIpc) is 3.16. The molecule has 2 atom stereocenters. The highest BCUT2D eigenvalue weighted by atomic mass is 15.2. The number of likely N-dealkylation sites (tertiary alicyclic amines) is 2. The van der Waals surface area contributed by atoms with E-state index in [0.29, 0.717) is 5.92 Å². The summed E-state index contributed by atoms with van der Waals surface area (Å²) in [5.41, 5.74) is 1.49. The van der Waals surface area contributed by atoms with Gasteiger partial charge in [-0.15, -0.1) is 0 Å². The third-order valence-electron chi connectivity index (χ3n) is 8.14. The normalized spacial score (nSPS) is 20.7. The van der Waals surface area contributed by atoms with Gasteiger partial charge >= 0.3 is 0 Å². The number of likely N-dealkylation sites (N-methyl/N-ethyl adjacent to an activating group) is 2. The maximum Gasteiger partial charge on any atom is 0.0108 e. The van der Waals surface area contributed by atoms with Crippen LogP contribution in [0, 0.1) is 0 Å². The van der Waals surface area contributed by atoms with Gasteiger partial charge in [-0.1, -0.05) is 57.5 Å². The first-order chi connectivity index (χ1) is 17.5. The number of hydrogen-bond acceptors (Lipinski definition) is 5. The van der Waals surface area contributed by atoms with E-state index in [2.05, 4.69) is 90.1 Å². The van der Waals surface area contributed by atoms with Crippen molar-refractivity contribution in [2.45, 2.75) is 77.7 Å². The molecule has 2 aliphatic rings. The lowest BCUT2D eigenvalue weighted by atomic mass is 10.0. The topological polar surface area (TPSA) is 25.0 Å². The van der Waals surface area contributed by atoms with Gasteiger partial charge in [0.05, 0.1) is 0 Å². The highest BCUT2D eigenvalue weighted by Crippen LogP contribution is 2.23. The lowest BCUT2D eigenvalue weighted by Crippen LogP contribution is -2.39. The fourth-order valence-electron chi connectivity index (χ4n) is 5.51. The Labute approximate surface area is 224 Å². The van der Waals surface area contributed by atoms with Crippen LogP contribution in [0.15, 0.2) is 30.3 Å². The van der Waals surface area contributed by atoms with Crippen LogP contribution in [0.1, 0.15) is 77.2 Å². The van der Waals surface area contributed by atoms with Crippen LogP contribution in [0.4, 0.5) is 0 Å². The minimum absolute atomic E-state index is 0.646. The molecule has 36 heavy (non-hydrogen) atoms. The van der Waals surface area contributed by atoms with E-state index in [1.165, 1.54) is 103 Å². The number of benzene rings is 1. The van der Waals surface area contributed by atoms with Crippen molar-refractivity contribution in [2.75, 3.05) is 86.1 Å². The minimum atomic E-state index is 0.646. The third kappa shape index (κ3) is 13.0. The van der Waals surface area contributed by atoms with E-state index in [1.54, 1.807) is 0 Å². The van der Waals surface area contributed by atoms with Gasteiger partial charge in [0.25, 0.3) is 0 Å². The van der Waals surface area contributed by atoms with E-state index in [4.69, 9.17) is 0 Å². The Morgan fingerprint density at radius 2 is 1.58 bits per heavy atom. The van der Waals surface area contributed by atoms with Crippen LogP contribution in [-0.2, 0) is 0 Å². The van der Waals surface area contributed by atoms with Gasteiger partial charge in [0.2, 0.25) is 0 Å². The first-order valence-corrected chi connectivity index (χ1v) is 15.1. The summed E-state index contributed by atoms with van der Waals surface area (Å²) >= 11 is 0. The average molecular weight is 502 g/mol. The van der Waals surface area contributed by atoms with Crippen LogP contribution in [0.25, 0.3) is 0 Å². The van der Waals surface area contributed by atoms with E-state index in [-0.39, 0.29) is 0 Å². The van der Waals surface area contributed by atoms with Gasteiger partial charge in [-0.2, -0.15) is 0 Å². The number of nitrogens with one attached hydrogen (secondary N) is 1. The molecule has 0 bridgehead atoms. The van der Waals surface area contributed by atoms with Crippen molar-refractivity contribution in [1.29, 1.82) is 0 Å². The SMILES string of the molecule is CC(CN1CCCC(N2CCCCC2)CC1)c1ccccc1.CCNCCCN(C)CCN(C)CC. The Kier molecular flexibility index (Phi) is 16.6. The number of hydrogen-bond donors (Lipinski definition) is 1. The van der Waals surface area contributed by atoms with E-state index < -0.39 is 0 Å².